The highest BCUT2D eigenvalue weighted by Gasteiger charge is 2.27. The van der Waals surface area contributed by atoms with Crippen molar-refractivity contribution in [3.63, 3.8) is 0 Å². The van der Waals surface area contributed by atoms with Crippen LogP contribution in [0, 0.1) is 6.92 Å². The minimum absolute atomic E-state index is 0. The molecule has 1 aliphatic rings. The number of halogens is 1. The lowest BCUT2D eigenvalue weighted by Gasteiger charge is -2.09. The highest BCUT2D eigenvalue weighted by Crippen LogP contribution is 2.14. The molecule has 1 amide bonds. The van der Waals surface area contributed by atoms with Crippen LogP contribution in [0.5, 0.6) is 0 Å². The molecule has 6 heteroatoms. The van der Waals surface area contributed by atoms with Gasteiger partial charge in [-0.05, 0) is 25.5 Å². The monoisotopic (exact) mass is 276 g/mol. The molecule has 2 heterocycles. The Morgan fingerprint density at radius 1 is 1.65 bits per heavy atom. The summed E-state index contributed by atoms with van der Waals surface area (Å²) >= 11 is 1.69. The summed E-state index contributed by atoms with van der Waals surface area (Å²) in [5.74, 6) is -0.0254. The Labute approximate surface area is 111 Å². The molecule has 0 radical (unpaired) electrons. The van der Waals surface area contributed by atoms with E-state index in [0.29, 0.717) is 19.5 Å². The first-order valence-electron chi connectivity index (χ1n) is 5.39. The molecule has 1 aliphatic heterocycles. The molecule has 0 bridgehead atoms. The van der Waals surface area contributed by atoms with Crippen LogP contribution in [0.2, 0.25) is 0 Å². The zero-order valence-electron chi connectivity index (χ0n) is 9.60. The number of carbonyl (C=O) groups excluding carboxylic acids is 1. The molecule has 1 aromatic heterocycles. The number of aliphatic hydroxyl groups excluding tert-OH is 1. The van der Waals surface area contributed by atoms with Gasteiger partial charge in [-0.3, -0.25) is 4.79 Å². The van der Waals surface area contributed by atoms with Gasteiger partial charge in [-0.1, -0.05) is 0 Å². The molecule has 2 atom stereocenters. The third-order valence-corrected chi connectivity index (χ3v) is 3.66. The Bertz CT molecular complexity index is 383. The van der Waals surface area contributed by atoms with Gasteiger partial charge < -0.3 is 15.7 Å². The highest BCUT2D eigenvalue weighted by molar-refractivity contribution is 7.11. The second kappa shape index (κ2) is 6.35. The lowest BCUT2D eigenvalue weighted by atomic mass is 10.2. The lowest BCUT2D eigenvalue weighted by molar-refractivity contribution is -0.123. The first kappa shape index (κ1) is 14.4. The van der Waals surface area contributed by atoms with Crippen LogP contribution < -0.4 is 10.6 Å². The van der Waals surface area contributed by atoms with Crippen molar-refractivity contribution in [3.8, 4) is 0 Å². The molecular weight excluding hydrogens is 260 g/mol. The number of hydrogen-bond acceptors (Lipinski definition) is 4. The minimum atomic E-state index is -0.389. The normalized spacial score (nSPS) is 23.2. The van der Waals surface area contributed by atoms with Crippen molar-refractivity contribution >= 4 is 29.7 Å². The van der Waals surface area contributed by atoms with Crippen LogP contribution >= 0.6 is 23.7 Å². The fourth-order valence-corrected chi connectivity index (χ4v) is 2.62. The SMILES string of the molecule is Cc1ccc(CNC(=O)C2CC(O)CN2)s1.Cl. The third-order valence-electron chi connectivity index (χ3n) is 2.66. The van der Waals surface area contributed by atoms with Crippen molar-refractivity contribution in [1.29, 1.82) is 0 Å². The molecule has 0 spiro atoms. The molecule has 1 aromatic rings. The summed E-state index contributed by atoms with van der Waals surface area (Å²) < 4.78 is 0. The molecule has 0 aliphatic carbocycles. The first-order valence-corrected chi connectivity index (χ1v) is 6.21. The molecule has 1 fully saturated rings. The topological polar surface area (TPSA) is 61.4 Å². The summed E-state index contributed by atoms with van der Waals surface area (Å²) in [7, 11) is 0. The van der Waals surface area contributed by atoms with Gasteiger partial charge in [0.15, 0.2) is 0 Å². The molecular formula is C11H17ClN2O2S. The van der Waals surface area contributed by atoms with Gasteiger partial charge in [-0.25, -0.2) is 0 Å². The van der Waals surface area contributed by atoms with E-state index in [9.17, 15) is 9.90 Å². The van der Waals surface area contributed by atoms with Gasteiger partial charge in [0.2, 0.25) is 5.91 Å². The summed E-state index contributed by atoms with van der Waals surface area (Å²) in [6.45, 7) is 3.13. The van der Waals surface area contributed by atoms with E-state index in [1.54, 1.807) is 11.3 Å². The van der Waals surface area contributed by atoms with Crippen LogP contribution in [-0.4, -0.2) is 29.7 Å². The predicted molar refractivity (Wildman–Crippen MR) is 70.6 cm³/mol. The minimum Gasteiger partial charge on any atom is -0.392 e. The molecule has 0 saturated carbocycles. The molecule has 1 saturated heterocycles. The number of hydrogen-bond donors (Lipinski definition) is 3. The zero-order chi connectivity index (χ0) is 11.5. The molecule has 2 unspecified atom stereocenters. The molecule has 2 rings (SSSR count). The summed E-state index contributed by atoms with van der Waals surface area (Å²) in [5, 5.41) is 15.2. The number of carbonyl (C=O) groups is 1. The Morgan fingerprint density at radius 2 is 2.41 bits per heavy atom. The van der Waals surface area contributed by atoms with Crippen LogP contribution in [0.25, 0.3) is 0 Å². The van der Waals surface area contributed by atoms with Gasteiger partial charge in [0, 0.05) is 16.3 Å². The van der Waals surface area contributed by atoms with E-state index in [4.69, 9.17) is 0 Å². The molecule has 3 N–H and O–H groups in total. The van der Waals surface area contributed by atoms with E-state index in [-0.39, 0.29) is 30.5 Å². The Balaban J connectivity index is 0.00000144. The van der Waals surface area contributed by atoms with Gasteiger partial charge in [-0.15, -0.1) is 23.7 Å². The Hall–Kier alpha value is -0.620. The van der Waals surface area contributed by atoms with Gasteiger partial charge in [0.05, 0.1) is 18.7 Å². The maximum Gasteiger partial charge on any atom is 0.237 e. The molecule has 96 valence electrons. The standard InChI is InChI=1S/C11H16N2O2S.ClH/c1-7-2-3-9(16-7)6-13-11(15)10-4-8(14)5-12-10;/h2-3,8,10,12,14H,4-6H2,1H3,(H,13,15);1H. The van der Waals surface area contributed by atoms with Crippen molar-refractivity contribution in [2.45, 2.75) is 32.0 Å². The fraction of sp³-hybridized carbons (Fsp3) is 0.545. The number of rotatable bonds is 3. The van der Waals surface area contributed by atoms with Gasteiger partial charge in [-0.2, -0.15) is 0 Å². The van der Waals surface area contributed by atoms with E-state index in [1.807, 2.05) is 19.1 Å². The highest BCUT2D eigenvalue weighted by atomic mass is 35.5. The van der Waals surface area contributed by atoms with E-state index in [2.05, 4.69) is 10.6 Å². The average Bonchev–Trinajstić information content (AvgIpc) is 2.84. The fourth-order valence-electron chi connectivity index (χ4n) is 1.79. The number of aryl methyl sites for hydroxylation is 1. The maximum atomic E-state index is 11.7. The number of aliphatic hydroxyl groups is 1. The second-order valence-corrected chi connectivity index (χ2v) is 5.45. The van der Waals surface area contributed by atoms with Crippen LogP contribution in [0.4, 0.5) is 0 Å². The van der Waals surface area contributed by atoms with Crippen LogP contribution in [0.3, 0.4) is 0 Å². The van der Waals surface area contributed by atoms with E-state index in [0.717, 1.165) is 4.88 Å². The predicted octanol–water partition coefficient (Wildman–Crippen LogP) is 0.817. The number of nitrogens with one attached hydrogen (secondary N) is 2. The smallest absolute Gasteiger partial charge is 0.237 e. The zero-order valence-corrected chi connectivity index (χ0v) is 11.2. The van der Waals surface area contributed by atoms with E-state index in [1.165, 1.54) is 4.88 Å². The summed E-state index contributed by atoms with van der Waals surface area (Å²) in [5.41, 5.74) is 0. The third kappa shape index (κ3) is 3.96. The maximum absolute atomic E-state index is 11.7. The van der Waals surface area contributed by atoms with Gasteiger partial charge in [0.25, 0.3) is 0 Å². The van der Waals surface area contributed by atoms with Crippen molar-refractivity contribution in [2.24, 2.45) is 0 Å². The average molecular weight is 277 g/mol. The van der Waals surface area contributed by atoms with E-state index >= 15 is 0 Å². The quantitative estimate of drug-likeness (QED) is 0.766. The summed E-state index contributed by atoms with van der Waals surface area (Å²) in [6.07, 6.45) is 0.120. The van der Waals surface area contributed by atoms with Crippen molar-refractivity contribution in [1.82, 2.24) is 10.6 Å². The van der Waals surface area contributed by atoms with Gasteiger partial charge >= 0.3 is 0 Å². The van der Waals surface area contributed by atoms with Crippen molar-refractivity contribution in [3.05, 3.63) is 21.9 Å². The number of thiophene rings is 1. The largest absolute Gasteiger partial charge is 0.392 e. The Kier molecular flexibility index (Phi) is 5.39. The molecule has 4 nitrogen and oxygen atoms in total. The Morgan fingerprint density at radius 3 is 2.94 bits per heavy atom. The van der Waals surface area contributed by atoms with Crippen LogP contribution in [-0.2, 0) is 11.3 Å². The van der Waals surface area contributed by atoms with Crippen LogP contribution in [0.15, 0.2) is 12.1 Å². The molecule has 17 heavy (non-hydrogen) atoms. The van der Waals surface area contributed by atoms with Gasteiger partial charge in [0.1, 0.15) is 0 Å². The second-order valence-electron chi connectivity index (χ2n) is 4.08. The first-order chi connectivity index (χ1) is 7.65. The summed E-state index contributed by atoms with van der Waals surface area (Å²) in [4.78, 5) is 14.1. The van der Waals surface area contributed by atoms with E-state index < -0.39 is 0 Å². The number of amides is 1. The van der Waals surface area contributed by atoms with Crippen LogP contribution in [0.1, 0.15) is 16.2 Å². The van der Waals surface area contributed by atoms with Crippen molar-refractivity contribution in [2.75, 3.05) is 6.54 Å². The summed E-state index contributed by atoms with van der Waals surface area (Å²) in [6, 6.07) is 3.83. The molecule has 0 aromatic carbocycles. The van der Waals surface area contributed by atoms with Crippen molar-refractivity contribution < 1.29 is 9.90 Å². The lowest BCUT2D eigenvalue weighted by Crippen LogP contribution is -2.39. The number of β-amino-alcohol motifs (C(OH)–C–C–N with tert-alkyl or cyclic N) is 1.